The fraction of sp³-hybridized carbons (Fsp3) is 0. The van der Waals surface area contributed by atoms with E-state index in [-0.39, 0.29) is 11.3 Å². The molecule has 98 valence electrons. The van der Waals surface area contributed by atoms with Gasteiger partial charge < -0.3 is 10.4 Å². The first-order chi connectivity index (χ1) is 9.69. The van der Waals surface area contributed by atoms with Gasteiger partial charge in [-0.15, -0.1) is 0 Å². The standard InChI is InChI=1S/C16H12N2O2/c17-11-13(10-12-6-8-15(19)9-7-12)16(20)18-14-4-2-1-3-5-14/h1-10,19H,(H,18,20)/b13-10-. The molecule has 2 rings (SSSR count). The number of carbonyl (C=O) groups excluding carboxylic acids is 1. The highest BCUT2D eigenvalue weighted by atomic mass is 16.3. The minimum Gasteiger partial charge on any atom is -0.508 e. The van der Waals surface area contributed by atoms with Crippen molar-refractivity contribution in [3.63, 3.8) is 0 Å². The van der Waals surface area contributed by atoms with Gasteiger partial charge in [0.05, 0.1) is 0 Å². The number of amides is 1. The van der Waals surface area contributed by atoms with Crippen molar-refractivity contribution in [2.45, 2.75) is 0 Å². The van der Waals surface area contributed by atoms with Gasteiger partial charge in [0.15, 0.2) is 0 Å². The van der Waals surface area contributed by atoms with Gasteiger partial charge in [-0.1, -0.05) is 30.3 Å². The number of hydrogen-bond donors (Lipinski definition) is 2. The molecule has 0 spiro atoms. The Balaban J connectivity index is 2.18. The predicted octanol–water partition coefficient (Wildman–Crippen LogP) is 2.94. The Morgan fingerprint density at radius 1 is 1.10 bits per heavy atom. The number of phenols is 1. The minimum absolute atomic E-state index is 0.000423. The third-order valence-corrected chi connectivity index (χ3v) is 2.60. The zero-order valence-electron chi connectivity index (χ0n) is 10.6. The Kier molecular flexibility index (Phi) is 4.15. The van der Waals surface area contributed by atoms with Crippen LogP contribution in [0, 0.1) is 11.3 Å². The highest BCUT2D eigenvalue weighted by Crippen LogP contribution is 2.14. The summed E-state index contributed by atoms with van der Waals surface area (Å²) in [5.74, 6) is -0.332. The molecule has 1 amide bonds. The lowest BCUT2D eigenvalue weighted by molar-refractivity contribution is -0.112. The summed E-state index contributed by atoms with van der Waals surface area (Å²) in [7, 11) is 0. The van der Waals surface area contributed by atoms with Crippen molar-refractivity contribution < 1.29 is 9.90 Å². The molecule has 0 aliphatic rings. The van der Waals surface area contributed by atoms with Crippen molar-refractivity contribution in [3.8, 4) is 11.8 Å². The third-order valence-electron chi connectivity index (χ3n) is 2.60. The first-order valence-electron chi connectivity index (χ1n) is 5.96. The molecule has 0 aliphatic carbocycles. The maximum atomic E-state index is 12.0. The normalized spacial score (nSPS) is 10.7. The zero-order valence-corrected chi connectivity index (χ0v) is 10.6. The van der Waals surface area contributed by atoms with Crippen LogP contribution in [0.3, 0.4) is 0 Å². The molecule has 0 unspecified atom stereocenters. The van der Waals surface area contributed by atoms with Crippen LogP contribution >= 0.6 is 0 Å². The van der Waals surface area contributed by atoms with Gasteiger partial charge in [0, 0.05) is 5.69 Å². The summed E-state index contributed by atoms with van der Waals surface area (Å²) in [5, 5.41) is 20.9. The molecular weight excluding hydrogens is 252 g/mol. The number of anilines is 1. The lowest BCUT2D eigenvalue weighted by Gasteiger charge is -2.03. The number of para-hydroxylation sites is 1. The topological polar surface area (TPSA) is 73.1 Å². The van der Waals surface area contributed by atoms with Crippen molar-refractivity contribution in [2.24, 2.45) is 0 Å². The SMILES string of the molecule is N#C/C(=C/c1ccc(O)cc1)C(=O)Nc1ccccc1. The van der Waals surface area contributed by atoms with Crippen molar-refractivity contribution in [3.05, 3.63) is 65.7 Å². The molecule has 0 saturated heterocycles. The summed E-state index contributed by atoms with van der Waals surface area (Å²) in [5.41, 5.74) is 1.30. The fourth-order valence-electron chi connectivity index (χ4n) is 1.61. The van der Waals surface area contributed by atoms with Crippen molar-refractivity contribution >= 4 is 17.7 Å². The largest absolute Gasteiger partial charge is 0.508 e. The maximum Gasteiger partial charge on any atom is 0.266 e. The van der Waals surface area contributed by atoms with Gasteiger partial charge in [-0.2, -0.15) is 5.26 Å². The molecule has 4 heteroatoms. The van der Waals surface area contributed by atoms with E-state index < -0.39 is 5.91 Å². The number of rotatable bonds is 3. The Labute approximate surface area is 116 Å². The summed E-state index contributed by atoms with van der Waals surface area (Å²) in [6.45, 7) is 0. The monoisotopic (exact) mass is 264 g/mol. The van der Waals surface area contributed by atoms with Crippen LogP contribution < -0.4 is 5.32 Å². The van der Waals surface area contributed by atoms with Crippen LogP contribution in [0.25, 0.3) is 6.08 Å². The van der Waals surface area contributed by atoms with Gasteiger partial charge in [-0.25, -0.2) is 0 Å². The average molecular weight is 264 g/mol. The van der Waals surface area contributed by atoms with E-state index in [1.165, 1.54) is 18.2 Å². The second-order valence-electron chi connectivity index (χ2n) is 4.08. The number of carbonyl (C=O) groups is 1. The molecule has 0 radical (unpaired) electrons. The zero-order chi connectivity index (χ0) is 14.4. The number of nitrogens with one attached hydrogen (secondary N) is 1. The number of nitrogens with zero attached hydrogens (tertiary/aromatic N) is 1. The summed E-state index contributed by atoms with van der Waals surface area (Å²) >= 11 is 0. The van der Waals surface area contributed by atoms with Crippen LogP contribution in [0.5, 0.6) is 5.75 Å². The molecule has 0 bridgehead atoms. The van der Waals surface area contributed by atoms with E-state index in [4.69, 9.17) is 5.26 Å². The van der Waals surface area contributed by atoms with Crippen LogP contribution in [-0.4, -0.2) is 11.0 Å². The quantitative estimate of drug-likeness (QED) is 0.661. The highest BCUT2D eigenvalue weighted by molar-refractivity contribution is 6.09. The molecule has 0 saturated carbocycles. The number of benzene rings is 2. The average Bonchev–Trinajstić information content (AvgIpc) is 2.47. The van der Waals surface area contributed by atoms with E-state index >= 15 is 0 Å². The Morgan fingerprint density at radius 3 is 2.35 bits per heavy atom. The molecule has 2 aromatic rings. The van der Waals surface area contributed by atoms with E-state index in [1.54, 1.807) is 36.4 Å². The van der Waals surface area contributed by atoms with Crippen molar-refractivity contribution in [1.82, 2.24) is 0 Å². The molecule has 2 aromatic carbocycles. The minimum atomic E-state index is -0.466. The number of aromatic hydroxyl groups is 1. The van der Waals surface area contributed by atoms with Gasteiger partial charge in [-0.05, 0) is 35.9 Å². The fourth-order valence-corrected chi connectivity index (χ4v) is 1.61. The van der Waals surface area contributed by atoms with E-state index in [0.717, 1.165) is 0 Å². The van der Waals surface area contributed by atoms with Crippen LogP contribution in [0.15, 0.2) is 60.2 Å². The van der Waals surface area contributed by atoms with Gasteiger partial charge in [-0.3, -0.25) is 4.79 Å². The maximum absolute atomic E-state index is 12.0. The van der Waals surface area contributed by atoms with Crippen LogP contribution in [-0.2, 0) is 4.79 Å². The smallest absolute Gasteiger partial charge is 0.266 e. The molecule has 0 fully saturated rings. The Bertz CT molecular complexity index is 668. The second-order valence-corrected chi connectivity index (χ2v) is 4.08. The summed E-state index contributed by atoms with van der Waals surface area (Å²) in [4.78, 5) is 12.0. The lowest BCUT2D eigenvalue weighted by atomic mass is 10.1. The number of hydrogen-bond acceptors (Lipinski definition) is 3. The predicted molar refractivity (Wildman–Crippen MR) is 76.8 cm³/mol. The van der Waals surface area contributed by atoms with E-state index in [0.29, 0.717) is 11.3 Å². The molecule has 0 aromatic heterocycles. The number of nitriles is 1. The lowest BCUT2D eigenvalue weighted by Crippen LogP contribution is -2.13. The summed E-state index contributed by atoms with van der Waals surface area (Å²) in [6, 6.07) is 17.0. The third kappa shape index (κ3) is 3.47. The summed E-state index contributed by atoms with van der Waals surface area (Å²) in [6.07, 6.45) is 1.47. The van der Waals surface area contributed by atoms with Gasteiger partial charge in [0.2, 0.25) is 0 Å². The van der Waals surface area contributed by atoms with Crippen LogP contribution in [0.1, 0.15) is 5.56 Å². The van der Waals surface area contributed by atoms with Gasteiger partial charge in [0.1, 0.15) is 17.4 Å². The van der Waals surface area contributed by atoms with E-state index in [1.807, 2.05) is 12.1 Å². The molecule has 0 aliphatic heterocycles. The molecule has 0 atom stereocenters. The molecule has 2 N–H and O–H groups in total. The number of phenolic OH excluding ortho intramolecular Hbond substituents is 1. The Morgan fingerprint density at radius 2 is 1.75 bits per heavy atom. The van der Waals surface area contributed by atoms with E-state index in [2.05, 4.69) is 5.32 Å². The van der Waals surface area contributed by atoms with Gasteiger partial charge in [0.25, 0.3) is 5.91 Å². The van der Waals surface area contributed by atoms with E-state index in [9.17, 15) is 9.90 Å². The molecule has 20 heavy (non-hydrogen) atoms. The molecular formula is C16H12N2O2. The molecule has 4 nitrogen and oxygen atoms in total. The second kappa shape index (κ2) is 6.21. The Hall–Kier alpha value is -3.06. The van der Waals surface area contributed by atoms with Crippen molar-refractivity contribution in [1.29, 1.82) is 5.26 Å². The summed E-state index contributed by atoms with van der Waals surface area (Å²) < 4.78 is 0. The van der Waals surface area contributed by atoms with Crippen LogP contribution in [0.2, 0.25) is 0 Å². The van der Waals surface area contributed by atoms with Crippen molar-refractivity contribution in [2.75, 3.05) is 5.32 Å². The highest BCUT2D eigenvalue weighted by Gasteiger charge is 2.09. The van der Waals surface area contributed by atoms with Gasteiger partial charge >= 0.3 is 0 Å². The molecule has 0 heterocycles. The first kappa shape index (κ1) is 13.4. The van der Waals surface area contributed by atoms with Crippen LogP contribution in [0.4, 0.5) is 5.69 Å². The first-order valence-corrected chi connectivity index (χ1v) is 5.96.